The van der Waals surface area contributed by atoms with Gasteiger partial charge >= 0.3 is 16.4 Å². The van der Waals surface area contributed by atoms with E-state index in [1.54, 1.807) is 18.2 Å². The summed E-state index contributed by atoms with van der Waals surface area (Å²) in [4.78, 5) is 30.3. The van der Waals surface area contributed by atoms with Crippen LogP contribution in [0.2, 0.25) is 0 Å². The first-order valence-electron chi connectivity index (χ1n) is 11.8. The predicted octanol–water partition coefficient (Wildman–Crippen LogP) is 4.02. The lowest BCUT2D eigenvalue weighted by atomic mass is 9.93. The van der Waals surface area contributed by atoms with Crippen molar-refractivity contribution in [2.45, 2.75) is 51.1 Å². The van der Waals surface area contributed by atoms with Crippen LogP contribution in [0.25, 0.3) is 0 Å². The summed E-state index contributed by atoms with van der Waals surface area (Å²) in [6.07, 6.45) is -0.209. The molecule has 0 aliphatic carbocycles. The Morgan fingerprint density at radius 3 is 2.32 bits per heavy atom. The summed E-state index contributed by atoms with van der Waals surface area (Å²) in [6, 6.07) is 14.3. The Bertz CT molecular complexity index is 1350. The molecule has 0 aliphatic rings. The molecule has 38 heavy (non-hydrogen) atoms. The lowest BCUT2D eigenvalue weighted by Gasteiger charge is -2.23. The number of anilines is 1. The summed E-state index contributed by atoms with van der Waals surface area (Å²) < 4.78 is 38.5. The average Bonchev–Trinajstić information content (AvgIpc) is 3.34. The molecule has 0 spiro atoms. The third-order valence-electron chi connectivity index (χ3n) is 5.60. The van der Waals surface area contributed by atoms with Gasteiger partial charge in [0.05, 0.1) is 24.5 Å². The van der Waals surface area contributed by atoms with Gasteiger partial charge in [-0.2, -0.15) is 8.42 Å². The molecule has 1 aromatic heterocycles. The van der Waals surface area contributed by atoms with E-state index in [0.29, 0.717) is 10.6 Å². The number of carbonyl (C=O) groups excluding carboxylic acids is 2. The van der Waals surface area contributed by atoms with Gasteiger partial charge in [-0.1, -0.05) is 63.2 Å². The van der Waals surface area contributed by atoms with Crippen LogP contribution in [0.15, 0.2) is 60.0 Å². The number of hydrogen-bond acceptors (Lipinski definition) is 7. The van der Waals surface area contributed by atoms with Crippen LogP contribution in [-0.2, 0) is 38.1 Å². The summed E-state index contributed by atoms with van der Waals surface area (Å²) in [6.45, 7) is 6.13. The van der Waals surface area contributed by atoms with Crippen LogP contribution in [-0.4, -0.2) is 43.1 Å². The Labute approximate surface area is 226 Å². The number of methoxy groups -OCH3 is 1. The highest BCUT2D eigenvalue weighted by Crippen LogP contribution is 2.29. The molecular formula is C26H32N4O6S2. The number of carbonyl (C=O) groups is 2. The van der Waals surface area contributed by atoms with Crippen LogP contribution in [0, 0.1) is 0 Å². The second-order valence-corrected chi connectivity index (χ2v) is 11.8. The van der Waals surface area contributed by atoms with E-state index in [1.165, 1.54) is 24.5 Å². The minimum Gasteiger partial charge on any atom is -0.453 e. The zero-order chi connectivity index (χ0) is 27.9. The molecule has 204 valence electrons. The molecule has 0 radical (unpaired) electrons. The normalized spacial score (nSPS) is 13.3. The zero-order valence-electron chi connectivity index (χ0n) is 21.6. The van der Waals surface area contributed by atoms with Crippen LogP contribution >= 0.6 is 11.3 Å². The Morgan fingerprint density at radius 2 is 1.71 bits per heavy atom. The number of nitrogens with zero attached hydrogens (tertiary/aromatic N) is 1. The van der Waals surface area contributed by atoms with Crippen molar-refractivity contribution in [2.75, 3.05) is 11.8 Å². The lowest BCUT2D eigenvalue weighted by Crippen LogP contribution is -2.49. The number of amides is 2. The summed E-state index contributed by atoms with van der Waals surface area (Å²) in [5.74, 6) is -0.427. The van der Waals surface area contributed by atoms with Gasteiger partial charge in [0.2, 0.25) is 5.91 Å². The van der Waals surface area contributed by atoms with Gasteiger partial charge in [-0.25, -0.2) is 9.78 Å². The molecule has 0 aliphatic heterocycles. The number of ether oxygens (including phenoxy) is 1. The predicted molar refractivity (Wildman–Crippen MR) is 146 cm³/mol. The maximum atomic E-state index is 13.5. The lowest BCUT2D eigenvalue weighted by molar-refractivity contribution is -0.123. The summed E-state index contributed by atoms with van der Waals surface area (Å²) in [5.41, 5.74) is 2.39. The molecule has 2 amide bonds. The number of alkyl carbamates (subject to hydrolysis) is 1. The maximum Gasteiger partial charge on any atom is 0.407 e. The maximum absolute atomic E-state index is 13.5. The van der Waals surface area contributed by atoms with E-state index in [4.69, 9.17) is 14.3 Å². The number of thiazole rings is 1. The third-order valence-corrected chi connectivity index (χ3v) is 7.05. The van der Waals surface area contributed by atoms with Crippen molar-refractivity contribution in [3.05, 3.63) is 81.8 Å². The van der Waals surface area contributed by atoms with E-state index in [-0.39, 0.29) is 23.9 Å². The number of benzene rings is 2. The highest BCUT2D eigenvalue weighted by Gasteiger charge is 2.28. The molecule has 1 heterocycles. The van der Waals surface area contributed by atoms with Gasteiger partial charge < -0.3 is 15.4 Å². The van der Waals surface area contributed by atoms with E-state index < -0.39 is 34.4 Å². The van der Waals surface area contributed by atoms with Crippen LogP contribution in [0.5, 0.6) is 0 Å². The molecular weight excluding hydrogens is 528 g/mol. The Kier molecular flexibility index (Phi) is 9.47. The van der Waals surface area contributed by atoms with Crippen LogP contribution < -0.4 is 15.4 Å². The molecule has 0 saturated heterocycles. The highest BCUT2D eigenvalue weighted by molar-refractivity contribution is 7.87. The van der Waals surface area contributed by atoms with E-state index in [0.717, 1.165) is 11.3 Å². The average molecular weight is 561 g/mol. The van der Waals surface area contributed by atoms with Crippen molar-refractivity contribution < 1.29 is 27.3 Å². The molecule has 3 rings (SSSR count). The van der Waals surface area contributed by atoms with Gasteiger partial charge in [-0.05, 0) is 29.7 Å². The Balaban J connectivity index is 1.91. The van der Waals surface area contributed by atoms with Gasteiger partial charge in [0.25, 0.3) is 0 Å². The number of nitrogens with one attached hydrogen (secondary N) is 3. The summed E-state index contributed by atoms with van der Waals surface area (Å²) in [5, 5.41) is 8.22. The van der Waals surface area contributed by atoms with Gasteiger partial charge in [-0.3, -0.25) is 14.1 Å². The van der Waals surface area contributed by atoms with E-state index in [1.807, 2.05) is 61.2 Å². The molecule has 0 bridgehead atoms. The molecule has 12 heteroatoms. The van der Waals surface area contributed by atoms with Crippen LogP contribution in [0.3, 0.4) is 0 Å². The van der Waals surface area contributed by atoms with Crippen molar-refractivity contribution in [3.63, 3.8) is 0 Å². The van der Waals surface area contributed by atoms with Gasteiger partial charge in [0.1, 0.15) is 11.0 Å². The third kappa shape index (κ3) is 8.82. The highest BCUT2D eigenvalue weighted by atomic mass is 32.2. The number of hydrogen-bond donors (Lipinski definition) is 4. The van der Waals surface area contributed by atoms with Gasteiger partial charge in [-0.15, -0.1) is 11.3 Å². The molecule has 2 atom stereocenters. The van der Waals surface area contributed by atoms with Gasteiger partial charge in [0.15, 0.2) is 0 Å². The second kappa shape index (κ2) is 12.4. The summed E-state index contributed by atoms with van der Waals surface area (Å²) in [7, 11) is -3.21. The van der Waals surface area contributed by atoms with Crippen LogP contribution in [0.4, 0.5) is 10.5 Å². The largest absolute Gasteiger partial charge is 0.453 e. The Morgan fingerprint density at radius 1 is 1.03 bits per heavy atom. The quantitative estimate of drug-likeness (QED) is 0.274. The fourth-order valence-corrected chi connectivity index (χ4v) is 5.19. The van der Waals surface area contributed by atoms with Crippen molar-refractivity contribution in [1.29, 1.82) is 0 Å². The molecule has 0 saturated carbocycles. The number of aromatic nitrogens is 1. The Hall–Kier alpha value is -3.48. The second-order valence-electron chi connectivity index (χ2n) is 9.74. The van der Waals surface area contributed by atoms with E-state index in [9.17, 15) is 18.0 Å². The summed E-state index contributed by atoms with van der Waals surface area (Å²) >= 11 is 1.40. The smallest absolute Gasteiger partial charge is 0.407 e. The fourth-order valence-electron chi connectivity index (χ4n) is 3.67. The minimum atomic E-state index is -4.44. The van der Waals surface area contributed by atoms with Gasteiger partial charge in [0, 0.05) is 17.2 Å². The molecule has 3 aromatic rings. The molecule has 10 nitrogen and oxygen atoms in total. The van der Waals surface area contributed by atoms with Crippen molar-refractivity contribution in [3.8, 4) is 0 Å². The standard InChI is InChI=1S/C26H32N4O6S2/c1-26(2,3)22-16-37-24(29-22)21(15-18-11-8-12-19(13-18)30-38(33,34)35)27-23(31)20(28-25(32)36-4)14-17-9-6-5-7-10-17/h5-13,16,20-21,30H,14-15H2,1-4H3,(H,27,31)(H,28,32)(H,33,34,35). The first kappa shape index (κ1) is 29.1. The first-order chi connectivity index (χ1) is 17.8. The van der Waals surface area contributed by atoms with Crippen molar-refractivity contribution >= 4 is 39.3 Å². The molecule has 0 fully saturated rings. The first-order valence-corrected chi connectivity index (χ1v) is 14.1. The number of rotatable bonds is 10. The molecule has 2 aromatic carbocycles. The zero-order valence-corrected chi connectivity index (χ0v) is 23.2. The molecule has 2 unspecified atom stereocenters. The SMILES string of the molecule is COC(=O)NC(Cc1ccccc1)C(=O)NC(Cc1cccc(NS(=O)(=O)O)c1)c1nc(C(C)(C)C)cs1. The minimum absolute atomic E-state index is 0.180. The van der Waals surface area contributed by atoms with Crippen molar-refractivity contribution in [1.82, 2.24) is 15.6 Å². The van der Waals surface area contributed by atoms with E-state index >= 15 is 0 Å². The van der Waals surface area contributed by atoms with Crippen molar-refractivity contribution in [2.24, 2.45) is 0 Å². The monoisotopic (exact) mass is 560 g/mol. The fraction of sp³-hybridized carbons (Fsp3) is 0.346. The molecule has 4 N–H and O–H groups in total. The van der Waals surface area contributed by atoms with E-state index in [2.05, 4.69) is 10.6 Å². The van der Waals surface area contributed by atoms with Crippen LogP contribution in [0.1, 0.15) is 48.6 Å². The topological polar surface area (TPSA) is 147 Å².